The molecule has 9 heteroatoms. The summed E-state index contributed by atoms with van der Waals surface area (Å²) in [6.07, 6.45) is 9.11. The van der Waals surface area contributed by atoms with Crippen LogP contribution in [0.1, 0.15) is 58.3 Å². The highest BCUT2D eigenvalue weighted by Crippen LogP contribution is 2.28. The minimum Gasteiger partial charge on any atom is -0.450 e. The van der Waals surface area contributed by atoms with Crippen molar-refractivity contribution < 1.29 is 14.3 Å². The van der Waals surface area contributed by atoms with Crippen molar-refractivity contribution in [3.05, 3.63) is 12.4 Å². The molecule has 1 saturated carbocycles. The molecule has 9 nitrogen and oxygen atoms in total. The Hall–Kier alpha value is -2.58. The molecule has 1 atom stereocenters. The van der Waals surface area contributed by atoms with Gasteiger partial charge in [0.1, 0.15) is 18.0 Å². The first kappa shape index (κ1) is 22.6. The van der Waals surface area contributed by atoms with Gasteiger partial charge in [-0.3, -0.25) is 4.79 Å². The summed E-state index contributed by atoms with van der Waals surface area (Å²) in [5.41, 5.74) is 0. The number of hydrogen-bond donors (Lipinski definition) is 2. The molecule has 32 heavy (non-hydrogen) atoms. The van der Waals surface area contributed by atoms with Gasteiger partial charge < -0.3 is 25.2 Å². The van der Waals surface area contributed by atoms with Gasteiger partial charge in [0.15, 0.2) is 0 Å². The van der Waals surface area contributed by atoms with Crippen molar-refractivity contribution in [3.63, 3.8) is 0 Å². The lowest BCUT2D eigenvalue weighted by atomic mass is 9.93. The van der Waals surface area contributed by atoms with E-state index in [-0.39, 0.29) is 18.0 Å². The molecule has 2 amide bonds. The van der Waals surface area contributed by atoms with Crippen LogP contribution in [0.5, 0.6) is 0 Å². The van der Waals surface area contributed by atoms with Crippen molar-refractivity contribution >= 4 is 23.6 Å². The summed E-state index contributed by atoms with van der Waals surface area (Å²) in [5.74, 6) is 2.50. The summed E-state index contributed by atoms with van der Waals surface area (Å²) in [6, 6.07) is 2.77. The summed E-state index contributed by atoms with van der Waals surface area (Å²) in [5, 5.41) is 6.61. The molecule has 0 radical (unpaired) electrons. The minimum atomic E-state index is -0.252. The third-order valence-corrected chi connectivity index (χ3v) is 6.59. The highest BCUT2D eigenvalue weighted by atomic mass is 16.6. The molecule has 0 spiro atoms. The fourth-order valence-corrected chi connectivity index (χ4v) is 4.60. The van der Waals surface area contributed by atoms with E-state index in [1.165, 1.54) is 12.8 Å². The van der Waals surface area contributed by atoms with Gasteiger partial charge in [0, 0.05) is 50.7 Å². The van der Waals surface area contributed by atoms with Crippen molar-refractivity contribution in [3.8, 4) is 0 Å². The molecule has 2 N–H and O–H groups in total. The Morgan fingerprint density at radius 1 is 1.09 bits per heavy atom. The van der Waals surface area contributed by atoms with Crippen LogP contribution in [0.4, 0.5) is 16.4 Å². The van der Waals surface area contributed by atoms with Gasteiger partial charge in [-0.25, -0.2) is 14.8 Å². The fraction of sp³-hybridized carbons (Fsp3) is 0.739. The fourth-order valence-electron chi connectivity index (χ4n) is 4.60. The van der Waals surface area contributed by atoms with E-state index in [1.54, 1.807) is 11.2 Å². The maximum atomic E-state index is 12.5. The number of carbonyl (C=O) groups excluding carboxylic acids is 2. The Labute approximate surface area is 190 Å². The lowest BCUT2D eigenvalue weighted by Gasteiger charge is -2.34. The van der Waals surface area contributed by atoms with Crippen molar-refractivity contribution in [1.82, 2.24) is 20.2 Å². The van der Waals surface area contributed by atoms with Gasteiger partial charge in [0.2, 0.25) is 5.91 Å². The third kappa shape index (κ3) is 6.46. The number of nitrogens with one attached hydrogen (secondary N) is 2. The molecule has 2 saturated heterocycles. The van der Waals surface area contributed by atoms with Gasteiger partial charge in [-0.05, 0) is 57.8 Å². The first-order valence-electron chi connectivity index (χ1n) is 12.1. The first-order valence-corrected chi connectivity index (χ1v) is 12.1. The highest BCUT2D eigenvalue weighted by Gasteiger charge is 2.26. The molecule has 1 aromatic rings. The second kappa shape index (κ2) is 10.8. The van der Waals surface area contributed by atoms with E-state index in [9.17, 15) is 9.59 Å². The molecule has 176 valence electrons. The molecule has 4 rings (SSSR count). The summed E-state index contributed by atoms with van der Waals surface area (Å²) < 4.78 is 5.05. The number of anilines is 2. The zero-order valence-corrected chi connectivity index (χ0v) is 19.1. The van der Waals surface area contributed by atoms with Crippen LogP contribution in [0.15, 0.2) is 12.4 Å². The number of aromatic nitrogens is 2. The second-order valence-electron chi connectivity index (χ2n) is 9.20. The molecule has 1 aliphatic carbocycles. The van der Waals surface area contributed by atoms with Crippen LogP contribution in [0.2, 0.25) is 0 Å². The van der Waals surface area contributed by atoms with E-state index in [1.807, 2.05) is 6.92 Å². The number of hydrogen-bond acceptors (Lipinski definition) is 7. The van der Waals surface area contributed by atoms with Crippen LogP contribution in [-0.4, -0.2) is 71.7 Å². The molecule has 1 aromatic heterocycles. The number of piperidine rings is 2. The van der Waals surface area contributed by atoms with Crippen molar-refractivity contribution in [2.75, 3.05) is 43.0 Å². The summed E-state index contributed by atoms with van der Waals surface area (Å²) in [7, 11) is 0. The normalized spacial score (nSPS) is 21.8. The Morgan fingerprint density at radius 2 is 1.91 bits per heavy atom. The zero-order chi connectivity index (χ0) is 22.3. The van der Waals surface area contributed by atoms with Crippen molar-refractivity contribution in [2.24, 2.45) is 5.92 Å². The van der Waals surface area contributed by atoms with E-state index in [0.29, 0.717) is 38.1 Å². The number of likely N-dealkylation sites (tertiary alicyclic amines) is 1. The van der Waals surface area contributed by atoms with E-state index in [4.69, 9.17) is 4.74 Å². The largest absolute Gasteiger partial charge is 0.450 e. The zero-order valence-electron chi connectivity index (χ0n) is 19.1. The molecule has 3 fully saturated rings. The quantitative estimate of drug-likeness (QED) is 0.636. The standard InChI is InChI=1S/C23H36N6O3/c1-2-32-23(31)28-12-9-19(10-13-28)27-22(30)8-5-17-4-3-11-29(15-17)21-14-20(24-16-25-21)26-18-6-7-18/h14,16-19H,2-13,15H2,1H3,(H,27,30)(H,24,25,26)/t17-/m0/s1. The van der Waals surface area contributed by atoms with Crippen LogP contribution < -0.4 is 15.5 Å². The summed E-state index contributed by atoms with van der Waals surface area (Å²) in [6.45, 7) is 5.42. The Balaban J connectivity index is 1.18. The van der Waals surface area contributed by atoms with Crippen LogP contribution in [0.3, 0.4) is 0 Å². The second-order valence-corrected chi connectivity index (χ2v) is 9.20. The molecular formula is C23H36N6O3. The number of ether oxygens (including phenoxy) is 1. The molecule has 2 aliphatic heterocycles. The van der Waals surface area contributed by atoms with Crippen molar-refractivity contribution in [2.45, 2.75) is 70.4 Å². The molecular weight excluding hydrogens is 408 g/mol. The molecule has 3 aliphatic rings. The van der Waals surface area contributed by atoms with E-state index < -0.39 is 0 Å². The highest BCUT2D eigenvalue weighted by molar-refractivity contribution is 5.76. The van der Waals surface area contributed by atoms with Gasteiger partial charge in [-0.15, -0.1) is 0 Å². The van der Waals surface area contributed by atoms with Gasteiger partial charge in [0.25, 0.3) is 0 Å². The van der Waals surface area contributed by atoms with Gasteiger partial charge in [0.05, 0.1) is 6.61 Å². The lowest BCUT2D eigenvalue weighted by Crippen LogP contribution is -2.46. The molecule has 0 unspecified atom stereocenters. The smallest absolute Gasteiger partial charge is 0.409 e. The number of carbonyl (C=O) groups is 2. The van der Waals surface area contributed by atoms with Gasteiger partial charge in [-0.1, -0.05) is 0 Å². The summed E-state index contributed by atoms with van der Waals surface area (Å²) in [4.78, 5) is 37.2. The van der Waals surface area contributed by atoms with Gasteiger partial charge in [-0.2, -0.15) is 0 Å². The number of amides is 2. The average molecular weight is 445 g/mol. The first-order chi connectivity index (χ1) is 15.6. The maximum Gasteiger partial charge on any atom is 0.409 e. The monoisotopic (exact) mass is 444 g/mol. The maximum absolute atomic E-state index is 12.5. The van der Waals surface area contributed by atoms with Crippen LogP contribution in [0, 0.1) is 5.92 Å². The Kier molecular flexibility index (Phi) is 7.65. The van der Waals surface area contributed by atoms with E-state index in [0.717, 1.165) is 56.8 Å². The Morgan fingerprint density at radius 3 is 2.66 bits per heavy atom. The number of rotatable bonds is 8. The minimum absolute atomic E-state index is 0.120. The molecule has 0 aromatic carbocycles. The third-order valence-electron chi connectivity index (χ3n) is 6.59. The average Bonchev–Trinajstić information content (AvgIpc) is 3.63. The number of nitrogens with zero attached hydrogens (tertiary/aromatic N) is 4. The Bertz CT molecular complexity index is 779. The van der Waals surface area contributed by atoms with Crippen LogP contribution in [-0.2, 0) is 9.53 Å². The van der Waals surface area contributed by atoms with Crippen molar-refractivity contribution in [1.29, 1.82) is 0 Å². The molecule has 3 heterocycles. The SMILES string of the molecule is CCOC(=O)N1CCC(NC(=O)CC[C@@H]2CCCN(c3cc(NC4CC4)ncn3)C2)CC1. The lowest BCUT2D eigenvalue weighted by molar-refractivity contribution is -0.122. The summed E-state index contributed by atoms with van der Waals surface area (Å²) >= 11 is 0. The molecule has 0 bridgehead atoms. The van der Waals surface area contributed by atoms with Crippen LogP contribution >= 0.6 is 0 Å². The van der Waals surface area contributed by atoms with Crippen LogP contribution in [0.25, 0.3) is 0 Å². The predicted molar refractivity (Wildman–Crippen MR) is 123 cm³/mol. The topological polar surface area (TPSA) is 99.7 Å². The predicted octanol–water partition coefficient (Wildman–Crippen LogP) is 2.78. The van der Waals surface area contributed by atoms with E-state index in [2.05, 4.69) is 31.6 Å². The van der Waals surface area contributed by atoms with Gasteiger partial charge >= 0.3 is 6.09 Å². The van der Waals surface area contributed by atoms with E-state index >= 15 is 0 Å².